The number of aliphatic imine (C=N–C) groups is 1. The van der Waals surface area contributed by atoms with Crippen molar-refractivity contribution in [3.63, 3.8) is 0 Å². The Kier molecular flexibility index (Phi) is 5.51. The number of morpholine rings is 1. The van der Waals surface area contributed by atoms with Gasteiger partial charge in [0.25, 0.3) is 0 Å². The Morgan fingerprint density at radius 1 is 1.23 bits per heavy atom. The first-order chi connectivity index (χ1) is 10.8. The summed E-state index contributed by atoms with van der Waals surface area (Å²) in [6.07, 6.45) is 0.137. The van der Waals surface area contributed by atoms with E-state index in [1.54, 1.807) is 7.11 Å². The second kappa shape index (κ2) is 7.59. The quantitative estimate of drug-likeness (QED) is 0.526. The van der Waals surface area contributed by atoms with Crippen molar-refractivity contribution in [2.75, 3.05) is 79.7 Å². The smallest absolute Gasteiger partial charge is 0.193 e. The average Bonchev–Trinajstić information content (AvgIpc) is 2.57. The summed E-state index contributed by atoms with van der Waals surface area (Å²) in [7, 11) is 3.58. The van der Waals surface area contributed by atoms with E-state index in [2.05, 4.69) is 25.0 Å². The molecule has 1 N–H and O–H groups in total. The molecular weight excluding hydrogens is 282 g/mol. The van der Waals surface area contributed by atoms with Crippen LogP contribution >= 0.6 is 0 Å². The molecule has 0 amide bonds. The van der Waals surface area contributed by atoms with Gasteiger partial charge in [-0.15, -0.1) is 0 Å². The molecule has 126 valence electrons. The van der Waals surface area contributed by atoms with Crippen LogP contribution in [0, 0.1) is 0 Å². The van der Waals surface area contributed by atoms with Crippen LogP contribution in [0.2, 0.25) is 0 Å². The summed E-state index contributed by atoms with van der Waals surface area (Å²) >= 11 is 0. The summed E-state index contributed by atoms with van der Waals surface area (Å²) in [5, 5.41) is 3.57. The fraction of sp³-hybridized carbons (Fsp3) is 0.933. The number of hydrogen-bond donors (Lipinski definition) is 1. The second-order valence-electron chi connectivity index (χ2n) is 6.31. The molecule has 7 heteroatoms. The Hall–Kier alpha value is -0.890. The van der Waals surface area contributed by atoms with Gasteiger partial charge in [0.15, 0.2) is 5.96 Å². The maximum Gasteiger partial charge on any atom is 0.193 e. The fourth-order valence-electron chi connectivity index (χ4n) is 3.66. The van der Waals surface area contributed by atoms with Crippen LogP contribution in [-0.2, 0) is 9.47 Å². The molecule has 4 rings (SSSR count). The maximum absolute atomic E-state index is 5.71. The highest BCUT2D eigenvalue weighted by atomic mass is 16.5. The van der Waals surface area contributed by atoms with Crippen molar-refractivity contribution < 1.29 is 9.47 Å². The van der Waals surface area contributed by atoms with E-state index in [1.807, 2.05) is 7.05 Å². The lowest BCUT2D eigenvalue weighted by atomic mass is 10.1. The van der Waals surface area contributed by atoms with Crippen molar-refractivity contribution in [2.24, 2.45) is 4.99 Å². The Morgan fingerprint density at radius 2 is 2.05 bits per heavy atom. The number of hydrogen-bond acceptors (Lipinski definition) is 5. The van der Waals surface area contributed by atoms with E-state index >= 15 is 0 Å². The SMILES string of the molecule is CN=C(NCC1CN2CCN1CC2)N1CCOC(COC)C1. The minimum absolute atomic E-state index is 0.137. The van der Waals surface area contributed by atoms with Gasteiger partial charge in [-0.25, -0.2) is 0 Å². The molecule has 0 aromatic carbocycles. The number of fused-ring (bicyclic) bond motifs is 3. The van der Waals surface area contributed by atoms with E-state index in [0.29, 0.717) is 12.6 Å². The molecule has 0 saturated carbocycles. The molecule has 4 heterocycles. The van der Waals surface area contributed by atoms with Gasteiger partial charge in [-0.1, -0.05) is 0 Å². The minimum Gasteiger partial charge on any atom is -0.382 e. The van der Waals surface area contributed by atoms with E-state index in [-0.39, 0.29) is 6.10 Å². The monoisotopic (exact) mass is 311 g/mol. The van der Waals surface area contributed by atoms with Gasteiger partial charge in [0, 0.05) is 72.6 Å². The van der Waals surface area contributed by atoms with Crippen molar-refractivity contribution in [3.8, 4) is 0 Å². The molecule has 4 fully saturated rings. The third-order valence-electron chi connectivity index (χ3n) is 4.89. The number of ether oxygens (including phenoxy) is 2. The molecule has 0 aromatic heterocycles. The Bertz CT molecular complexity index is 382. The number of rotatable bonds is 4. The van der Waals surface area contributed by atoms with Crippen LogP contribution in [0.25, 0.3) is 0 Å². The largest absolute Gasteiger partial charge is 0.382 e. The molecule has 0 spiro atoms. The average molecular weight is 311 g/mol. The first kappa shape index (κ1) is 16.0. The number of guanidine groups is 1. The third kappa shape index (κ3) is 3.71. The predicted molar refractivity (Wildman–Crippen MR) is 86.4 cm³/mol. The van der Waals surface area contributed by atoms with Crippen LogP contribution in [0.15, 0.2) is 4.99 Å². The zero-order valence-corrected chi connectivity index (χ0v) is 13.8. The van der Waals surface area contributed by atoms with Gasteiger partial charge >= 0.3 is 0 Å². The number of methoxy groups -OCH3 is 1. The zero-order valence-electron chi connectivity index (χ0n) is 13.8. The summed E-state index contributed by atoms with van der Waals surface area (Å²) in [4.78, 5) is 11.9. The summed E-state index contributed by atoms with van der Waals surface area (Å²) in [6.45, 7) is 10.1. The number of piperazine rings is 3. The second-order valence-corrected chi connectivity index (χ2v) is 6.31. The Balaban J connectivity index is 1.49. The maximum atomic E-state index is 5.71. The highest BCUT2D eigenvalue weighted by molar-refractivity contribution is 5.80. The molecule has 2 unspecified atom stereocenters. The van der Waals surface area contributed by atoms with Crippen LogP contribution in [0.5, 0.6) is 0 Å². The standard InChI is InChI=1S/C15H29N5O2/c1-16-15(20-7-8-22-14(11-20)12-21-2)17-9-13-10-18-3-5-19(13)6-4-18/h13-14H,3-12H2,1-2H3,(H,16,17). The van der Waals surface area contributed by atoms with E-state index in [0.717, 1.165) is 32.2 Å². The fourth-order valence-corrected chi connectivity index (χ4v) is 3.66. The molecule has 0 radical (unpaired) electrons. The Morgan fingerprint density at radius 3 is 2.68 bits per heavy atom. The topological polar surface area (TPSA) is 52.6 Å². The summed E-state index contributed by atoms with van der Waals surface area (Å²) in [5.41, 5.74) is 0. The normalized spacial score (nSPS) is 35.7. The van der Waals surface area contributed by atoms with Gasteiger partial charge < -0.3 is 19.7 Å². The molecule has 0 aliphatic carbocycles. The molecule has 4 aliphatic heterocycles. The van der Waals surface area contributed by atoms with E-state index in [1.165, 1.54) is 32.7 Å². The van der Waals surface area contributed by atoms with Crippen LogP contribution in [0.3, 0.4) is 0 Å². The summed E-state index contributed by atoms with van der Waals surface area (Å²) in [6, 6.07) is 0.607. The van der Waals surface area contributed by atoms with Gasteiger partial charge in [-0.3, -0.25) is 14.8 Å². The number of nitrogens with one attached hydrogen (secondary N) is 1. The van der Waals surface area contributed by atoms with E-state index in [4.69, 9.17) is 9.47 Å². The van der Waals surface area contributed by atoms with Gasteiger partial charge in [-0.2, -0.15) is 0 Å². The molecule has 2 bridgehead atoms. The molecule has 4 aliphatic rings. The van der Waals surface area contributed by atoms with Gasteiger partial charge in [0.2, 0.25) is 0 Å². The molecular formula is C15H29N5O2. The molecule has 22 heavy (non-hydrogen) atoms. The van der Waals surface area contributed by atoms with Gasteiger partial charge in [0.1, 0.15) is 0 Å². The highest BCUT2D eigenvalue weighted by Crippen LogP contribution is 2.15. The van der Waals surface area contributed by atoms with Crippen molar-refractivity contribution in [1.29, 1.82) is 0 Å². The van der Waals surface area contributed by atoms with Crippen LogP contribution in [0.4, 0.5) is 0 Å². The van der Waals surface area contributed by atoms with Crippen molar-refractivity contribution in [3.05, 3.63) is 0 Å². The molecule has 2 atom stereocenters. The minimum atomic E-state index is 0.137. The summed E-state index contributed by atoms with van der Waals surface area (Å²) in [5.74, 6) is 0.988. The first-order valence-corrected chi connectivity index (χ1v) is 8.32. The lowest BCUT2D eigenvalue weighted by Gasteiger charge is -2.47. The van der Waals surface area contributed by atoms with Crippen LogP contribution in [-0.4, -0.2) is 113 Å². The summed E-state index contributed by atoms with van der Waals surface area (Å²) < 4.78 is 10.9. The zero-order chi connectivity index (χ0) is 15.4. The van der Waals surface area contributed by atoms with Gasteiger partial charge in [0.05, 0.1) is 19.3 Å². The van der Waals surface area contributed by atoms with Crippen molar-refractivity contribution >= 4 is 5.96 Å². The molecule has 0 aromatic rings. The van der Waals surface area contributed by atoms with Crippen molar-refractivity contribution in [1.82, 2.24) is 20.0 Å². The van der Waals surface area contributed by atoms with Crippen LogP contribution < -0.4 is 5.32 Å². The van der Waals surface area contributed by atoms with E-state index < -0.39 is 0 Å². The van der Waals surface area contributed by atoms with Gasteiger partial charge in [-0.05, 0) is 0 Å². The molecule has 4 saturated heterocycles. The van der Waals surface area contributed by atoms with Crippen molar-refractivity contribution in [2.45, 2.75) is 12.1 Å². The lowest BCUT2D eigenvalue weighted by Crippen LogP contribution is -2.64. The Labute approximate surface area is 133 Å². The predicted octanol–water partition coefficient (Wildman–Crippen LogP) is -1.09. The third-order valence-corrected chi connectivity index (χ3v) is 4.89. The number of nitrogens with zero attached hydrogens (tertiary/aromatic N) is 4. The molecule has 7 nitrogen and oxygen atoms in total. The first-order valence-electron chi connectivity index (χ1n) is 8.32. The van der Waals surface area contributed by atoms with Crippen LogP contribution in [0.1, 0.15) is 0 Å². The highest BCUT2D eigenvalue weighted by Gasteiger charge is 2.32. The van der Waals surface area contributed by atoms with E-state index in [9.17, 15) is 0 Å². The lowest BCUT2D eigenvalue weighted by molar-refractivity contribution is -0.0449.